The minimum atomic E-state index is -0.465. The summed E-state index contributed by atoms with van der Waals surface area (Å²) in [5, 5.41) is 2.98. The van der Waals surface area contributed by atoms with E-state index >= 15 is 0 Å². The van der Waals surface area contributed by atoms with Crippen LogP contribution in [-0.2, 0) is 17.9 Å². The Labute approximate surface area is 216 Å². The number of carbonyl (C=O) groups is 2. The standard InChI is InChI=1S/C26H22ClIN2O4/c1-16-3-5-17(6-4-16)14-30-25(31)22(29-26(30)32)12-19-11-21(27)24(23(13-19)33-2)34-15-18-7-9-20(28)10-8-18/h3-13H,14-15H2,1-2H3,(H,29,32)/b22-12+. The Kier molecular flexibility index (Phi) is 7.43. The van der Waals surface area contributed by atoms with Crippen LogP contribution in [0.4, 0.5) is 4.79 Å². The van der Waals surface area contributed by atoms with Crippen molar-refractivity contribution in [1.29, 1.82) is 0 Å². The van der Waals surface area contributed by atoms with Crippen molar-refractivity contribution in [3.05, 3.63) is 97.2 Å². The predicted molar refractivity (Wildman–Crippen MR) is 140 cm³/mol. The van der Waals surface area contributed by atoms with Crippen molar-refractivity contribution in [2.24, 2.45) is 0 Å². The first-order valence-corrected chi connectivity index (χ1v) is 11.9. The quantitative estimate of drug-likeness (QED) is 0.211. The number of hydrogen-bond donors (Lipinski definition) is 1. The van der Waals surface area contributed by atoms with Crippen LogP contribution in [0.5, 0.6) is 11.5 Å². The van der Waals surface area contributed by atoms with Crippen LogP contribution in [-0.4, -0.2) is 23.9 Å². The number of ether oxygens (including phenoxy) is 2. The van der Waals surface area contributed by atoms with E-state index in [0.717, 1.165) is 20.3 Å². The highest BCUT2D eigenvalue weighted by molar-refractivity contribution is 14.1. The van der Waals surface area contributed by atoms with Crippen molar-refractivity contribution in [3.8, 4) is 11.5 Å². The molecule has 1 fully saturated rings. The molecule has 4 rings (SSSR count). The van der Waals surface area contributed by atoms with Crippen LogP contribution >= 0.6 is 34.2 Å². The van der Waals surface area contributed by atoms with Gasteiger partial charge in [-0.2, -0.15) is 0 Å². The molecule has 8 heteroatoms. The fourth-order valence-electron chi connectivity index (χ4n) is 3.46. The molecular formula is C26H22ClIN2O4. The minimum Gasteiger partial charge on any atom is -0.493 e. The third kappa shape index (κ3) is 5.53. The van der Waals surface area contributed by atoms with E-state index in [4.69, 9.17) is 21.1 Å². The van der Waals surface area contributed by atoms with Crippen molar-refractivity contribution in [1.82, 2.24) is 10.2 Å². The molecule has 1 saturated heterocycles. The molecule has 0 spiro atoms. The largest absolute Gasteiger partial charge is 0.493 e. The topological polar surface area (TPSA) is 67.9 Å². The molecule has 34 heavy (non-hydrogen) atoms. The van der Waals surface area contributed by atoms with Crippen molar-refractivity contribution < 1.29 is 19.1 Å². The molecular weight excluding hydrogens is 567 g/mol. The normalized spacial score (nSPS) is 14.5. The number of carbonyl (C=O) groups excluding carboxylic acids is 2. The van der Waals surface area contributed by atoms with Gasteiger partial charge in [0, 0.05) is 3.57 Å². The van der Waals surface area contributed by atoms with Gasteiger partial charge in [0.05, 0.1) is 18.7 Å². The van der Waals surface area contributed by atoms with Gasteiger partial charge in [0.1, 0.15) is 12.3 Å². The zero-order chi connectivity index (χ0) is 24.2. The van der Waals surface area contributed by atoms with Crippen LogP contribution in [0.3, 0.4) is 0 Å². The predicted octanol–water partition coefficient (Wildman–Crippen LogP) is 5.93. The van der Waals surface area contributed by atoms with Gasteiger partial charge in [-0.05, 0) is 76.5 Å². The second-order valence-corrected chi connectivity index (χ2v) is 9.47. The van der Waals surface area contributed by atoms with Crippen molar-refractivity contribution in [3.63, 3.8) is 0 Å². The molecule has 3 aromatic carbocycles. The first kappa shape index (κ1) is 24.1. The third-order valence-corrected chi connectivity index (χ3v) is 6.28. The van der Waals surface area contributed by atoms with Crippen LogP contribution < -0.4 is 14.8 Å². The molecule has 0 bridgehead atoms. The Morgan fingerprint density at radius 1 is 1.03 bits per heavy atom. The molecule has 0 saturated carbocycles. The number of amides is 3. The van der Waals surface area contributed by atoms with E-state index in [-0.39, 0.29) is 12.2 Å². The number of hydrogen-bond acceptors (Lipinski definition) is 4. The number of methoxy groups -OCH3 is 1. The average molecular weight is 589 g/mol. The molecule has 3 amide bonds. The van der Waals surface area contributed by atoms with Gasteiger partial charge >= 0.3 is 6.03 Å². The summed E-state index contributed by atoms with van der Waals surface area (Å²) >= 11 is 8.73. The van der Waals surface area contributed by atoms with Gasteiger partial charge in [-0.1, -0.05) is 53.6 Å². The lowest BCUT2D eigenvalue weighted by atomic mass is 10.1. The van der Waals surface area contributed by atoms with E-state index in [1.54, 1.807) is 18.2 Å². The number of rotatable bonds is 7. The van der Waals surface area contributed by atoms with Gasteiger partial charge in [0.25, 0.3) is 5.91 Å². The zero-order valence-electron chi connectivity index (χ0n) is 18.6. The Morgan fingerprint density at radius 2 is 1.71 bits per heavy atom. The molecule has 1 heterocycles. The van der Waals surface area contributed by atoms with Gasteiger partial charge in [-0.15, -0.1) is 0 Å². The lowest BCUT2D eigenvalue weighted by molar-refractivity contribution is -0.123. The zero-order valence-corrected chi connectivity index (χ0v) is 21.5. The van der Waals surface area contributed by atoms with Crippen LogP contribution in [0.1, 0.15) is 22.3 Å². The molecule has 0 aliphatic carbocycles. The van der Waals surface area contributed by atoms with E-state index in [0.29, 0.717) is 28.7 Å². The first-order chi connectivity index (χ1) is 16.3. The molecule has 0 aromatic heterocycles. The fourth-order valence-corrected chi connectivity index (χ4v) is 4.09. The molecule has 0 atom stereocenters. The Balaban J connectivity index is 1.52. The Morgan fingerprint density at radius 3 is 2.38 bits per heavy atom. The lowest BCUT2D eigenvalue weighted by Gasteiger charge is -2.14. The Bertz CT molecular complexity index is 1260. The van der Waals surface area contributed by atoms with E-state index in [1.165, 1.54) is 12.0 Å². The third-order valence-electron chi connectivity index (χ3n) is 5.28. The van der Waals surface area contributed by atoms with Gasteiger partial charge in [-0.3, -0.25) is 9.69 Å². The summed E-state index contributed by atoms with van der Waals surface area (Å²) in [4.78, 5) is 26.5. The van der Waals surface area contributed by atoms with Crippen LogP contribution in [0.15, 0.2) is 66.4 Å². The highest BCUT2D eigenvalue weighted by Crippen LogP contribution is 2.37. The maximum absolute atomic E-state index is 12.9. The lowest BCUT2D eigenvalue weighted by Crippen LogP contribution is -2.30. The number of aryl methyl sites for hydroxylation is 1. The molecule has 174 valence electrons. The number of urea groups is 1. The van der Waals surface area contributed by atoms with E-state index in [2.05, 4.69) is 27.9 Å². The number of benzene rings is 3. The SMILES string of the molecule is COc1cc(/C=C2/NC(=O)N(Cc3ccc(C)cc3)C2=O)cc(Cl)c1OCc1ccc(I)cc1. The average Bonchev–Trinajstić information content (AvgIpc) is 3.07. The summed E-state index contributed by atoms with van der Waals surface area (Å²) in [6.45, 7) is 2.50. The van der Waals surface area contributed by atoms with Gasteiger partial charge < -0.3 is 14.8 Å². The highest BCUT2D eigenvalue weighted by Gasteiger charge is 2.33. The maximum atomic E-state index is 12.9. The molecule has 1 N–H and O–H groups in total. The first-order valence-electron chi connectivity index (χ1n) is 10.5. The fraction of sp³-hybridized carbons (Fsp3) is 0.154. The maximum Gasteiger partial charge on any atom is 0.329 e. The summed E-state index contributed by atoms with van der Waals surface area (Å²) in [7, 11) is 1.52. The van der Waals surface area contributed by atoms with E-state index in [1.807, 2.05) is 55.5 Å². The van der Waals surface area contributed by atoms with Gasteiger partial charge in [0.2, 0.25) is 0 Å². The molecule has 1 aliphatic heterocycles. The minimum absolute atomic E-state index is 0.169. The van der Waals surface area contributed by atoms with Crippen molar-refractivity contribution in [2.75, 3.05) is 7.11 Å². The number of imide groups is 1. The molecule has 0 unspecified atom stereocenters. The van der Waals surface area contributed by atoms with Crippen molar-refractivity contribution >= 4 is 52.2 Å². The molecule has 6 nitrogen and oxygen atoms in total. The summed E-state index contributed by atoms with van der Waals surface area (Å²) in [5.74, 6) is 0.436. The Hall–Kier alpha value is -3.04. The summed E-state index contributed by atoms with van der Waals surface area (Å²) in [6.07, 6.45) is 1.58. The second-order valence-electron chi connectivity index (χ2n) is 7.81. The molecule has 1 aliphatic rings. The molecule has 0 radical (unpaired) electrons. The van der Waals surface area contributed by atoms with Gasteiger partial charge in [-0.25, -0.2) is 4.79 Å². The smallest absolute Gasteiger partial charge is 0.329 e. The number of nitrogens with zero attached hydrogens (tertiary/aromatic N) is 1. The van der Waals surface area contributed by atoms with E-state index in [9.17, 15) is 9.59 Å². The highest BCUT2D eigenvalue weighted by atomic mass is 127. The monoisotopic (exact) mass is 588 g/mol. The summed E-state index contributed by atoms with van der Waals surface area (Å²) < 4.78 is 12.5. The summed E-state index contributed by atoms with van der Waals surface area (Å²) in [6, 6.07) is 18.6. The number of nitrogens with one attached hydrogen (secondary N) is 1. The second kappa shape index (κ2) is 10.5. The summed E-state index contributed by atoms with van der Waals surface area (Å²) in [5.41, 5.74) is 3.75. The van der Waals surface area contributed by atoms with Crippen LogP contribution in [0, 0.1) is 10.5 Å². The van der Waals surface area contributed by atoms with Gasteiger partial charge in [0.15, 0.2) is 11.5 Å². The van der Waals surface area contributed by atoms with Crippen LogP contribution in [0.25, 0.3) is 6.08 Å². The van der Waals surface area contributed by atoms with E-state index < -0.39 is 11.9 Å². The number of halogens is 2. The van der Waals surface area contributed by atoms with Crippen molar-refractivity contribution in [2.45, 2.75) is 20.1 Å². The van der Waals surface area contributed by atoms with Crippen LogP contribution in [0.2, 0.25) is 5.02 Å². The molecule has 3 aromatic rings.